The number of carbonyl (C=O) groups is 2. The monoisotopic (exact) mass is 380 g/mol. The number of amides is 2. The third-order valence-electron chi connectivity index (χ3n) is 5.79. The summed E-state index contributed by atoms with van der Waals surface area (Å²) in [5, 5.41) is 5.86. The molecule has 0 spiro atoms. The van der Waals surface area contributed by atoms with Gasteiger partial charge in [-0.1, -0.05) is 23.8 Å². The Morgan fingerprint density at radius 2 is 1.59 bits per heavy atom. The molecule has 2 aromatic rings. The topological polar surface area (TPSA) is 62.9 Å². The van der Waals surface area contributed by atoms with Crippen molar-refractivity contribution in [2.45, 2.75) is 12.8 Å². The molecular formula is C21H17ClN2O3. The second kappa shape index (κ2) is 6.20. The van der Waals surface area contributed by atoms with Crippen molar-refractivity contribution in [3.05, 3.63) is 59.3 Å². The van der Waals surface area contributed by atoms with Crippen molar-refractivity contribution in [3.8, 4) is 11.3 Å². The van der Waals surface area contributed by atoms with E-state index in [0.29, 0.717) is 16.5 Å². The van der Waals surface area contributed by atoms with Crippen molar-refractivity contribution in [3.63, 3.8) is 0 Å². The van der Waals surface area contributed by atoms with Gasteiger partial charge in [0.2, 0.25) is 0 Å². The van der Waals surface area contributed by atoms with E-state index < -0.39 is 0 Å². The highest BCUT2D eigenvalue weighted by Crippen LogP contribution is 2.49. The molecule has 1 saturated heterocycles. The average Bonchev–Trinajstić information content (AvgIpc) is 3.26. The fraction of sp³-hybridized carbons (Fsp3) is 0.286. The van der Waals surface area contributed by atoms with Gasteiger partial charge in [-0.25, -0.2) is 0 Å². The molecule has 1 aromatic heterocycles. The predicted octanol–water partition coefficient (Wildman–Crippen LogP) is 4.13. The summed E-state index contributed by atoms with van der Waals surface area (Å²) in [6.45, 7) is 0. The zero-order chi connectivity index (χ0) is 18.5. The highest BCUT2D eigenvalue weighted by molar-refractivity contribution is 6.30. The standard InChI is InChI=1S/C21H17ClN2O3/c22-15-7-5-12(6-8-15)17-10-9-16(27-17)11-23-24-20(25)18-13-1-2-14(4-3-13)19(18)21(24)26/h1-2,5-11,13-14,18-19H,3-4H2/b23-11-/t13-,14-,18-,19-/m0/s1. The fourth-order valence-electron chi connectivity index (χ4n) is 4.48. The maximum atomic E-state index is 12.7. The molecule has 3 aliphatic carbocycles. The average molecular weight is 381 g/mol. The predicted molar refractivity (Wildman–Crippen MR) is 101 cm³/mol. The van der Waals surface area contributed by atoms with E-state index in [1.54, 1.807) is 18.2 Å². The van der Waals surface area contributed by atoms with E-state index in [1.807, 2.05) is 18.2 Å². The summed E-state index contributed by atoms with van der Waals surface area (Å²) < 4.78 is 5.76. The Morgan fingerprint density at radius 1 is 0.963 bits per heavy atom. The van der Waals surface area contributed by atoms with E-state index in [9.17, 15) is 9.59 Å². The number of allylic oxidation sites excluding steroid dienone is 2. The molecule has 2 fully saturated rings. The first kappa shape index (κ1) is 16.5. The molecule has 6 heteroatoms. The number of imide groups is 1. The van der Waals surface area contributed by atoms with Crippen LogP contribution in [0, 0.1) is 23.7 Å². The Balaban J connectivity index is 1.37. The molecule has 4 atom stereocenters. The molecule has 6 rings (SSSR count). The number of carbonyl (C=O) groups excluding carboxylic acids is 2. The van der Waals surface area contributed by atoms with Crippen molar-refractivity contribution in [2.75, 3.05) is 0 Å². The minimum absolute atomic E-state index is 0.164. The van der Waals surface area contributed by atoms with Gasteiger partial charge in [-0.3, -0.25) is 9.59 Å². The van der Waals surface area contributed by atoms with Gasteiger partial charge in [0.25, 0.3) is 11.8 Å². The van der Waals surface area contributed by atoms with Crippen LogP contribution >= 0.6 is 11.6 Å². The van der Waals surface area contributed by atoms with Crippen molar-refractivity contribution in [2.24, 2.45) is 28.8 Å². The molecule has 27 heavy (non-hydrogen) atoms. The summed E-state index contributed by atoms with van der Waals surface area (Å²) in [6.07, 6.45) is 7.57. The van der Waals surface area contributed by atoms with Crippen LogP contribution in [0.3, 0.4) is 0 Å². The van der Waals surface area contributed by atoms with Gasteiger partial charge < -0.3 is 4.42 Å². The highest BCUT2D eigenvalue weighted by atomic mass is 35.5. The normalized spacial score (nSPS) is 29.1. The van der Waals surface area contributed by atoms with Gasteiger partial charge in [0.05, 0.1) is 18.1 Å². The summed E-state index contributed by atoms with van der Waals surface area (Å²) in [5.74, 6) is 0.599. The zero-order valence-corrected chi connectivity index (χ0v) is 15.2. The number of hydrazone groups is 1. The number of halogens is 1. The van der Waals surface area contributed by atoms with E-state index in [4.69, 9.17) is 16.0 Å². The zero-order valence-electron chi connectivity index (χ0n) is 14.4. The molecule has 2 amide bonds. The lowest BCUT2D eigenvalue weighted by Gasteiger charge is -2.37. The molecule has 0 radical (unpaired) electrons. The summed E-state index contributed by atoms with van der Waals surface area (Å²) in [5.41, 5.74) is 0.890. The van der Waals surface area contributed by atoms with Crippen LogP contribution in [0.1, 0.15) is 18.6 Å². The summed E-state index contributed by atoms with van der Waals surface area (Å²) in [6, 6.07) is 10.9. The number of fused-ring (bicyclic) bond motifs is 1. The highest BCUT2D eigenvalue weighted by Gasteiger charge is 2.56. The Morgan fingerprint density at radius 3 is 2.19 bits per heavy atom. The van der Waals surface area contributed by atoms with Crippen LogP contribution in [-0.2, 0) is 9.59 Å². The second-order valence-electron chi connectivity index (χ2n) is 7.28. The number of hydrogen-bond donors (Lipinski definition) is 0. The molecule has 2 heterocycles. The smallest absolute Gasteiger partial charge is 0.254 e. The largest absolute Gasteiger partial charge is 0.455 e. The first-order valence-electron chi connectivity index (χ1n) is 9.08. The third-order valence-corrected chi connectivity index (χ3v) is 6.04. The summed E-state index contributed by atoms with van der Waals surface area (Å²) in [4.78, 5) is 25.5. The van der Waals surface area contributed by atoms with Crippen molar-refractivity contribution >= 4 is 29.6 Å². The molecule has 0 N–H and O–H groups in total. The maximum Gasteiger partial charge on any atom is 0.254 e. The Kier molecular flexibility index (Phi) is 3.79. The minimum Gasteiger partial charge on any atom is -0.455 e. The molecule has 5 nitrogen and oxygen atoms in total. The van der Waals surface area contributed by atoms with Gasteiger partial charge in [-0.2, -0.15) is 10.1 Å². The van der Waals surface area contributed by atoms with Gasteiger partial charge in [0.15, 0.2) is 0 Å². The van der Waals surface area contributed by atoms with Gasteiger partial charge in [-0.05, 0) is 61.1 Å². The molecule has 0 unspecified atom stereocenters. The Labute approximate surface area is 161 Å². The minimum atomic E-state index is -0.250. The lowest BCUT2D eigenvalue weighted by atomic mass is 9.63. The van der Waals surface area contributed by atoms with E-state index >= 15 is 0 Å². The molecular weight excluding hydrogens is 364 g/mol. The van der Waals surface area contributed by atoms with Crippen molar-refractivity contribution in [1.82, 2.24) is 5.01 Å². The van der Waals surface area contributed by atoms with Gasteiger partial charge >= 0.3 is 0 Å². The quantitative estimate of drug-likeness (QED) is 0.457. The molecule has 136 valence electrons. The maximum absolute atomic E-state index is 12.7. The molecule has 2 bridgehead atoms. The van der Waals surface area contributed by atoms with Crippen LogP contribution in [0.25, 0.3) is 11.3 Å². The molecule has 1 saturated carbocycles. The van der Waals surface area contributed by atoms with Gasteiger partial charge in [0, 0.05) is 10.6 Å². The molecule has 1 aliphatic heterocycles. The van der Waals surface area contributed by atoms with E-state index in [2.05, 4.69) is 17.3 Å². The van der Waals surface area contributed by atoms with Crippen LogP contribution in [0.5, 0.6) is 0 Å². The van der Waals surface area contributed by atoms with Crippen LogP contribution < -0.4 is 0 Å². The van der Waals surface area contributed by atoms with Crippen LogP contribution in [-0.4, -0.2) is 23.0 Å². The second-order valence-corrected chi connectivity index (χ2v) is 7.72. The SMILES string of the molecule is O=C1[C@@H]2[C@@H](C(=O)N1/N=C\c1ccc(-c3ccc(Cl)cc3)o1)[C@H]1C=C[C@H]2CC1. The molecule has 1 aromatic carbocycles. The fourth-order valence-corrected chi connectivity index (χ4v) is 4.60. The Hall–Kier alpha value is -2.66. The number of hydrogen-bond acceptors (Lipinski definition) is 4. The van der Waals surface area contributed by atoms with Crippen LogP contribution in [0.4, 0.5) is 0 Å². The van der Waals surface area contributed by atoms with Crippen LogP contribution in [0.15, 0.2) is 58.1 Å². The van der Waals surface area contributed by atoms with Crippen molar-refractivity contribution in [1.29, 1.82) is 0 Å². The van der Waals surface area contributed by atoms with E-state index in [-0.39, 0.29) is 35.5 Å². The lowest BCUT2D eigenvalue weighted by Crippen LogP contribution is -2.38. The Bertz CT molecular complexity index is 944. The van der Waals surface area contributed by atoms with E-state index in [0.717, 1.165) is 23.4 Å². The van der Waals surface area contributed by atoms with E-state index in [1.165, 1.54) is 6.21 Å². The van der Waals surface area contributed by atoms with Crippen LogP contribution in [0.2, 0.25) is 5.02 Å². The first-order chi connectivity index (χ1) is 13.1. The number of benzene rings is 1. The molecule has 4 aliphatic rings. The summed E-state index contributed by atoms with van der Waals surface area (Å²) in [7, 11) is 0. The number of furan rings is 1. The van der Waals surface area contributed by atoms with Crippen molar-refractivity contribution < 1.29 is 14.0 Å². The first-order valence-corrected chi connectivity index (χ1v) is 9.45. The third kappa shape index (κ3) is 2.65. The summed E-state index contributed by atoms with van der Waals surface area (Å²) >= 11 is 5.91. The number of nitrogens with zero attached hydrogens (tertiary/aromatic N) is 2. The lowest BCUT2D eigenvalue weighted by molar-refractivity contribution is -0.140. The van der Waals surface area contributed by atoms with Gasteiger partial charge in [0.1, 0.15) is 11.5 Å². The van der Waals surface area contributed by atoms with Gasteiger partial charge in [-0.15, -0.1) is 0 Å². The number of rotatable bonds is 3.